The van der Waals surface area contributed by atoms with E-state index in [1.807, 2.05) is 19.9 Å². The van der Waals surface area contributed by atoms with Crippen molar-refractivity contribution in [2.45, 2.75) is 45.3 Å². The summed E-state index contributed by atoms with van der Waals surface area (Å²) in [7, 11) is 0. The number of carbonyl (C=O) groups is 1. The van der Waals surface area contributed by atoms with Crippen molar-refractivity contribution in [1.82, 2.24) is 0 Å². The van der Waals surface area contributed by atoms with E-state index in [9.17, 15) is 20.1 Å². The largest absolute Gasteiger partial charge is 0.545 e. The molecule has 0 spiro atoms. The maximum absolute atomic E-state index is 10.9. The lowest BCUT2D eigenvalue weighted by Crippen LogP contribution is -2.39. The van der Waals surface area contributed by atoms with Crippen molar-refractivity contribution >= 4 is 5.97 Å². The third kappa shape index (κ3) is 4.33. The number of aliphatic hydroxyl groups excluding tert-OH is 2. The van der Waals surface area contributed by atoms with Crippen LogP contribution in [0.2, 0.25) is 0 Å². The van der Waals surface area contributed by atoms with Gasteiger partial charge in [0.2, 0.25) is 0 Å². The first-order chi connectivity index (χ1) is 8.82. The van der Waals surface area contributed by atoms with E-state index in [-0.39, 0.29) is 5.57 Å². The minimum atomic E-state index is -1.44. The van der Waals surface area contributed by atoms with E-state index >= 15 is 0 Å². The molecule has 0 saturated heterocycles. The summed E-state index contributed by atoms with van der Waals surface area (Å²) in [5, 5.41) is 31.2. The van der Waals surface area contributed by atoms with Gasteiger partial charge in [-0.3, -0.25) is 0 Å². The molecule has 3 atom stereocenters. The first kappa shape index (κ1) is 15.7. The van der Waals surface area contributed by atoms with Crippen molar-refractivity contribution in [3.8, 4) is 0 Å². The van der Waals surface area contributed by atoms with Crippen molar-refractivity contribution < 1.29 is 20.1 Å². The normalized spacial score (nSPS) is 34.6. The molecule has 1 rings (SSSR count). The second kappa shape index (κ2) is 6.68. The maximum Gasteiger partial charge on any atom is 0.0817 e. The number of rotatable bonds is 2. The number of hydrogen-bond acceptors (Lipinski definition) is 4. The van der Waals surface area contributed by atoms with Gasteiger partial charge >= 0.3 is 0 Å². The van der Waals surface area contributed by atoms with Crippen LogP contribution in [0.1, 0.15) is 33.1 Å². The standard InChI is InChI=1S/C15H22O4/c1-9-5-4-6-10(2)8-13(17)14(12(16)7-9)11(3)15(18)19/h5,8,12-14,16-17H,3-4,6-7H2,1-2H3,(H,18,19)/p-1/b9-5+,10-8+/t12-,13-,14-/m1/s1. The maximum atomic E-state index is 10.9. The van der Waals surface area contributed by atoms with Crippen molar-refractivity contribution in [3.05, 3.63) is 35.5 Å². The molecular weight excluding hydrogens is 244 g/mol. The molecule has 0 fully saturated rings. The van der Waals surface area contributed by atoms with Crippen LogP contribution in [-0.4, -0.2) is 28.4 Å². The van der Waals surface area contributed by atoms with Crippen LogP contribution in [0.4, 0.5) is 0 Å². The molecule has 1 aliphatic carbocycles. The Balaban J connectivity index is 3.09. The zero-order valence-corrected chi connectivity index (χ0v) is 11.4. The Labute approximate surface area is 113 Å². The van der Waals surface area contributed by atoms with E-state index in [4.69, 9.17) is 0 Å². The summed E-state index contributed by atoms with van der Waals surface area (Å²) >= 11 is 0. The van der Waals surface area contributed by atoms with Gasteiger partial charge in [-0.05, 0) is 38.7 Å². The van der Waals surface area contributed by atoms with Crippen molar-refractivity contribution in [2.75, 3.05) is 0 Å². The third-order valence-electron chi connectivity index (χ3n) is 3.46. The number of carboxylic acids is 1. The third-order valence-corrected chi connectivity index (χ3v) is 3.46. The Morgan fingerprint density at radius 3 is 2.58 bits per heavy atom. The lowest BCUT2D eigenvalue weighted by Gasteiger charge is -2.29. The molecule has 0 radical (unpaired) electrons. The van der Waals surface area contributed by atoms with Crippen LogP contribution in [0.3, 0.4) is 0 Å². The van der Waals surface area contributed by atoms with Crippen LogP contribution >= 0.6 is 0 Å². The van der Waals surface area contributed by atoms with Crippen LogP contribution in [0.15, 0.2) is 35.5 Å². The van der Waals surface area contributed by atoms with E-state index in [0.29, 0.717) is 6.42 Å². The van der Waals surface area contributed by atoms with Gasteiger partial charge < -0.3 is 20.1 Å². The number of aliphatic carboxylic acids is 1. The Morgan fingerprint density at radius 1 is 1.37 bits per heavy atom. The van der Waals surface area contributed by atoms with E-state index in [1.165, 1.54) is 0 Å². The van der Waals surface area contributed by atoms with Crippen molar-refractivity contribution in [3.63, 3.8) is 0 Å². The number of carbonyl (C=O) groups excluding carboxylic acids is 1. The van der Waals surface area contributed by atoms with Crippen LogP contribution in [0.5, 0.6) is 0 Å². The highest BCUT2D eigenvalue weighted by molar-refractivity contribution is 5.84. The number of hydrogen-bond donors (Lipinski definition) is 2. The summed E-state index contributed by atoms with van der Waals surface area (Å²) in [5.74, 6) is -2.38. The zero-order chi connectivity index (χ0) is 14.6. The molecule has 0 aromatic rings. The summed E-state index contributed by atoms with van der Waals surface area (Å²) < 4.78 is 0. The highest BCUT2D eigenvalue weighted by Crippen LogP contribution is 2.26. The van der Waals surface area contributed by atoms with Gasteiger partial charge in [0.25, 0.3) is 0 Å². The minimum Gasteiger partial charge on any atom is -0.545 e. The quantitative estimate of drug-likeness (QED) is 0.569. The number of allylic oxidation sites excluding steroid dienone is 2. The zero-order valence-electron chi connectivity index (χ0n) is 11.4. The number of aliphatic hydroxyl groups is 2. The number of carboxylic acid groups (broad SMARTS) is 1. The van der Waals surface area contributed by atoms with Gasteiger partial charge in [-0.25, -0.2) is 0 Å². The van der Waals surface area contributed by atoms with Gasteiger partial charge in [-0.2, -0.15) is 0 Å². The van der Waals surface area contributed by atoms with E-state index in [2.05, 4.69) is 6.58 Å². The van der Waals surface area contributed by atoms with Gasteiger partial charge in [0.05, 0.1) is 18.2 Å². The first-order valence-electron chi connectivity index (χ1n) is 6.42. The molecule has 0 bridgehead atoms. The first-order valence-corrected chi connectivity index (χ1v) is 6.42. The summed E-state index contributed by atoms with van der Waals surface area (Å²) in [6, 6.07) is 0. The molecule has 0 heterocycles. The molecule has 0 saturated carbocycles. The van der Waals surface area contributed by atoms with Crippen LogP contribution in [0, 0.1) is 5.92 Å². The fourth-order valence-electron chi connectivity index (χ4n) is 2.37. The lowest BCUT2D eigenvalue weighted by atomic mass is 9.84. The molecular formula is C15H21O4-. The molecule has 0 amide bonds. The Kier molecular flexibility index (Phi) is 5.51. The van der Waals surface area contributed by atoms with Crippen LogP contribution in [-0.2, 0) is 4.79 Å². The smallest absolute Gasteiger partial charge is 0.0817 e. The lowest BCUT2D eigenvalue weighted by molar-refractivity contribution is -0.300. The van der Waals surface area contributed by atoms with E-state index < -0.39 is 24.1 Å². The summed E-state index contributed by atoms with van der Waals surface area (Å²) in [5.41, 5.74) is 1.67. The van der Waals surface area contributed by atoms with Gasteiger partial charge in [-0.15, -0.1) is 0 Å². The Bertz CT molecular complexity index is 420. The van der Waals surface area contributed by atoms with Gasteiger partial charge in [0.15, 0.2) is 0 Å². The molecule has 0 aromatic carbocycles. The van der Waals surface area contributed by atoms with Crippen LogP contribution in [0.25, 0.3) is 0 Å². The SMILES string of the molecule is C=C(C(=O)[O-])[C@H]1[C@H](O)/C=C(\C)CC/C=C(\C)C[C@H]1O. The minimum absolute atomic E-state index is 0.266. The predicted molar refractivity (Wildman–Crippen MR) is 71.0 cm³/mol. The fraction of sp³-hybridized carbons (Fsp3) is 0.533. The average Bonchev–Trinajstić information content (AvgIpc) is 2.27. The Hall–Kier alpha value is -1.39. The van der Waals surface area contributed by atoms with E-state index in [1.54, 1.807) is 6.08 Å². The second-order valence-corrected chi connectivity index (χ2v) is 5.20. The molecule has 0 unspecified atom stereocenters. The molecule has 0 aromatic heterocycles. The molecule has 19 heavy (non-hydrogen) atoms. The molecule has 4 nitrogen and oxygen atoms in total. The second-order valence-electron chi connectivity index (χ2n) is 5.20. The molecule has 0 aliphatic heterocycles. The fourth-order valence-corrected chi connectivity index (χ4v) is 2.37. The predicted octanol–water partition coefficient (Wildman–Crippen LogP) is 0.707. The monoisotopic (exact) mass is 265 g/mol. The average molecular weight is 265 g/mol. The van der Waals surface area contributed by atoms with Crippen molar-refractivity contribution in [1.29, 1.82) is 0 Å². The Morgan fingerprint density at radius 2 is 2.00 bits per heavy atom. The summed E-state index contributed by atoms with van der Waals surface area (Å²) in [6.07, 6.45) is 3.54. The highest BCUT2D eigenvalue weighted by Gasteiger charge is 2.29. The topological polar surface area (TPSA) is 80.6 Å². The highest BCUT2D eigenvalue weighted by atomic mass is 16.4. The van der Waals surface area contributed by atoms with E-state index in [0.717, 1.165) is 24.0 Å². The van der Waals surface area contributed by atoms with Crippen LogP contribution < -0.4 is 5.11 Å². The molecule has 106 valence electrons. The summed E-state index contributed by atoms with van der Waals surface area (Å²) in [6.45, 7) is 7.18. The molecule has 1 aliphatic rings. The van der Waals surface area contributed by atoms with Gasteiger partial charge in [0, 0.05) is 5.92 Å². The van der Waals surface area contributed by atoms with Gasteiger partial charge in [0.1, 0.15) is 0 Å². The summed E-state index contributed by atoms with van der Waals surface area (Å²) in [4.78, 5) is 10.9. The molecule has 2 N–H and O–H groups in total. The van der Waals surface area contributed by atoms with Gasteiger partial charge in [-0.1, -0.05) is 29.9 Å². The molecule has 4 heteroatoms. The van der Waals surface area contributed by atoms with Crippen molar-refractivity contribution in [2.24, 2.45) is 5.92 Å².